The number of hydrogen-bond donors (Lipinski definition) is 1. The fraction of sp³-hybridized carbons (Fsp3) is 0.600. The number of carbonyl (C=O) groups excluding carboxylic acids is 2. The van der Waals surface area contributed by atoms with Gasteiger partial charge in [0.15, 0.2) is 0 Å². The van der Waals surface area contributed by atoms with Gasteiger partial charge in [-0.2, -0.15) is 0 Å². The molecule has 1 heterocycles. The summed E-state index contributed by atoms with van der Waals surface area (Å²) < 4.78 is 13.9. The van der Waals surface area contributed by atoms with E-state index in [4.69, 9.17) is 0 Å². The third-order valence-electron chi connectivity index (χ3n) is 6.43. The first kappa shape index (κ1) is 16.6. The summed E-state index contributed by atoms with van der Waals surface area (Å²) in [6.45, 7) is 5.45. The van der Waals surface area contributed by atoms with Gasteiger partial charge in [-0.25, -0.2) is 4.39 Å². The summed E-state index contributed by atoms with van der Waals surface area (Å²) in [7, 11) is 0. The van der Waals surface area contributed by atoms with Crippen LogP contribution in [-0.4, -0.2) is 35.8 Å². The normalized spacial score (nSPS) is 28.9. The van der Waals surface area contributed by atoms with Crippen molar-refractivity contribution in [3.05, 3.63) is 35.1 Å². The summed E-state index contributed by atoms with van der Waals surface area (Å²) in [6.07, 6.45) is 4.05. The lowest BCUT2D eigenvalue weighted by molar-refractivity contribution is -0.155. The molecule has 1 spiro atoms. The maximum Gasteiger partial charge on any atom is 0.254 e. The Morgan fingerprint density at radius 3 is 2.72 bits per heavy atom. The highest BCUT2D eigenvalue weighted by Gasteiger charge is 2.58. The van der Waals surface area contributed by atoms with Crippen LogP contribution >= 0.6 is 0 Å². The van der Waals surface area contributed by atoms with E-state index in [1.165, 1.54) is 6.07 Å². The Morgan fingerprint density at radius 2 is 2.12 bits per heavy atom. The highest BCUT2D eigenvalue weighted by molar-refractivity contribution is 5.95. The maximum atomic E-state index is 13.9. The van der Waals surface area contributed by atoms with E-state index in [0.29, 0.717) is 11.8 Å². The van der Waals surface area contributed by atoms with Crippen molar-refractivity contribution >= 4 is 11.8 Å². The lowest BCUT2D eigenvalue weighted by atomic mass is 9.59. The molecule has 1 aliphatic heterocycles. The van der Waals surface area contributed by atoms with Gasteiger partial charge in [0.25, 0.3) is 5.91 Å². The van der Waals surface area contributed by atoms with Crippen molar-refractivity contribution in [3.63, 3.8) is 0 Å². The summed E-state index contributed by atoms with van der Waals surface area (Å²) in [4.78, 5) is 26.8. The van der Waals surface area contributed by atoms with Gasteiger partial charge in [-0.1, -0.05) is 25.0 Å². The zero-order valence-electron chi connectivity index (χ0n) is 14.8. The SMILES string of the molecule is CC[C@@H]1C[C@H]1C(=O)N1CC2(CCC2NC(=O)c2cc(C)ccc2F)C1. The lowest BCUT2D eigenvalue weighted by Crippen LogP contribution is -2.71. The van der Waals surface area contributed by atoms with Crippen molar-refractivity contribution in [2.45, 2.75) is 45.6 Å². The average Bonchev–Trinajstić information content (AvgIpc) is 3.32. The summed E-state index contributed by atoms with van der Waals surface area (Å²) in [5, 5.41) is 3.00. The van der Waals surface area contributed by atoms with Crippen molar-refractivity contribution in [3.8, 4) is 0 Å². The number of rotatable bonds is 4. The van der Waals surface area contributed by atoms with Gasteiger partial charge >= 0.3 is 0 Å². The Morgan fingerprint density at radius 1 is 1.36 bits per heavy atom. The molecular formula is C20H25FN2O2. The van der Waals surface area contributed by atoms with Crippen LogP contribution in [0.1, 0.15) is 48.5 Å². The zero-order valence-corrected chi connectivity index (χ0v) is 14.8. The second-order valence-electron chi connectivity index (χ2n) is 8.12. The van der Waals surface area contributed by atoms with Gasteiger partial charge < -0.3 is 10.2 Å². The molecule has 2 saturated carbocycles. The first-order valence-electron chi connectivity index (χ1n) is 9.29. The molecule has 0 bridgehead atoms. The average molecular weight is 344 g/mol. The van der Waals surface area contributed by atoms with Gasteiger partial charge in [0.05, 0.1) is 5.56 Å². The largest absolute Gasteiger partial charge is 0.349 e. The minimum Gasteiger partial charge on any atom is -0.349 e. The first-order valence-corrected chi connectivity index (χ1v) is 9.29. The molecule has 1 unspecified atom stereocenters. The van der Waals surface area contributed by atoms with Gasteiger partial charge in [0.1, 0.15) is 5.82 Å². The monoisotopic (exact) mass is 344 g/mol. The predicted molar refractivity (Wildman–Crippen MR) is 92.5 cm³/mol. The molecule has 3 atom stereocenters. The van der Waals surface area contributed by atoms with Crippen molar-refractivity contribution in [2.75, 3.05) is 13.1 Å². The van der Waals surface area contributed by atoms with Crippen LogP contribution in [-0.2, 0) is 4.79 Å². The number of hydrogen-bond acceptors (Lipinski definition) is 2. The van der Waals surface area contributed by atoms with Gasteiger partial charge in [-0.3, -0.25) is 9.59 Å². The zero-order chi connectivity index (χ0) is 17.8. The predicted octanol–water partition coefficient (Wildman–Crippen LogP) is 2.90. The van der Waals surface area contributed by atoms with Crippen LogP contribution in [0.15, 0.2) is 18.2 Å². The van der Waals surface area contributed by atoms with E-state index >= 15 is 0 Å². The Hall–Kier alpha value is -1.91. The Labute approximate surface area is 147 Å². The summed E-state index contributed by atoms with van der Waals surface area (Å²) >= 11 is 0. The van der Waals surface area contributed by atoms with E-state index in [9.17, 15) is 14.0 Å². The molecule has 3 aliphatic rings. The Balaban J connectivity index is 1.35. The molecule has 1 aromatic carbocycles. The molecule has 4 nitrogen and oxygen atoms in total. The maximum absolute atomic E-state index is 13.9. The van der Waals surface area contributed by atoms with Gasteiger partial charge in [0.2, 0.25) is 5.91 Å². The van der Waals surface area contributed by atoms with E-state index in [1.54, 1.807) is 12.1 Å². The van der Waals surface area contributed by atoms with E-state index in [-0.39, 0.29) is 28.8 Å². The molecule has 5 heteroatoms. The molecule has 1 aromatic rings. The second-order valence-corrected chi connectivity index (χ2v) is 8.12. The van der Waals surface area contributed by atoms with Crippen LogP contribution < -0.4 is 5.32 Å². The Bertz CT molecular complexity index is 726. The first-order chi connectivity index (χ1) is 11.9. The van der Waals surface area contributed by atoms with Gasteiger partial charge in [-0.15, -0.1) is 0 Å². The highest BCUT2D eigenvalue weighted by Crippen LogP contribution is 2.51. The second kappa shape index (κ2) is 5.82. The lowest BCUT2D eigenvalue weighted by Gasteiger charge is -2.60. The minimum absolute atomic E-state index is 0.0161. The third kappa shape index (κ3) is 2.74. The molecule has 1 N–H and O–H groups in total. The number of aryl methyl sites for hydroxylation is 1. The highest BCUT2D eigenvalue weighted by atomic mass is 19.1. The standard InChI is InChI=1S/C20H25FN2O2/c1-3-13-9-14(13)19(25)23-10-20(11-23)7-6-17(20)22-18(24)15-8-12(2)4-5-16(15)21/h4-5,8,13-14,17H,3,6-7,9-11H2,1-2H3,(H,22,24)/t13-,14-,17?/m1/s1. The molecule has 0 radical (unpaired) electrons. The fourth-order valence-electron chi connectivity index (χ4n) is 4.46. The van der Waals surface area contributed by atoms with E-state index < -0.39 is 5.82 Å². The van der Waals surface area contributed by atoms with Gasteiger partial charge in [-0.05, 0) is 44.2 Å². The number of benzene rings is 1. The van der Waals surface area contributed by atoms with Crippen molar-refractivity contribution in [2.24, 2.45) is 17.3 Å². The van der Waals surface area contributed by atoms with Gasteiger partial charge in [0, 0.05) is 30.5 Å². The number of likely N-dealkylation sites (tertiary alicyclic amines) is 1. The van der Waals surface area contributed by atoms with Crippen molar-refractivity contribution in [1.82, 2.24) is 10.2 Å². The molecule has 2 amide bonds. The van der Waals surface area contributed by atoms with Crippen LogP contribution in [0.3, 0.4) is 0 Å². The summed E-state index contributed by atoms with van der Waals surface area (Å²) in [5.74, 6) is 0.269. The number of amides is 2. The molecular weight excluding hydrogens is 319 g/mol. The minimum atomic E-state index is -0.485. The number of halogens is 1. The van der Waals surface area contributed by atoms with Crippen LogP contribution in [0.4, 0.5) is 4.39 Å². The molecule has 1 saturated heterocycles. The number of nitrogens with one attached hydrogen (secondary N) is 1. The quantitative estimate of drug-likeness (QED) is 0.913. The Kier molecular flexibility index (Phi) is 3.85. The molecule has 25 heavy (non-hydrogen) atoms. The molecule has 134 valence electrons. The smallest absolute Gasteiger partial charge is 0.254 e. The van der Waals surface area contributed by atoms with Crippen LogP contribution in [0, 0.1) is 30.0 Å². The van der Waals surface area contributed by atoms with Crippen molar-refractivity contribution in [1.29, 1.82) is 0 Å². The summed E-state index contributed by atoms with van der Waals surface area (Å²) in [5.41, 5.74) is 0.991. The van der Waals surface area contributed by atoms with Crippen molar-refractivity contribution < 1.29 is 14.0 Å². The summed E-state index contributed by atoms with van der Waals surface area (Å²) in [6, 6.07) is 4.63. The topological polar surface area (TPSA) is 49.4 Å². The van der Waals surface area contributed by atoms with Crippen LogP contribution in [0.5, 0.6) is 0 Å². The number of carbonyl (C=O) groups is 2. The molecule has 2 aliphatic carbocycles. The van der Waals surface area contributed by atoms with E-state index in [2.05, 4.69) is 12.2 Å². The molecule has 4 rings (SSSR count). The van der Waals surface area contributed by atoms with E-state index in [1.807, 2.05) is 11.8 Å². The van der Waals surface area contributed by atoms with Crippen LogP contribution in [0.2, 0.25) is 0 Å². The van der Waals surface area contributed by atoms with E-state index in [0.717, 1.165) is 44.3 Å². The third-order valence-corrected chi connectivity index (χ3v) is 6.43. The number of nitrogens with zero attached hydrogens (tertiary/aromatic N) is 1. The molecule has 3 fully saturated rings. The fourth-order valence-corrected chi connectivity index (χ4v) is 4.46. The molecule has 0 aromatic heterocycles. The van der Waals surface area contributed by atoms with Crippen LogP contribution in [0.25, 0.3) is 0 Å².